The Morgan fingerprint density at radius 1 is 1.00 bits per heavy atom. The molecule has 1 N–H and O–H groups in total. The van der Waals surface area contributed by atoms with Crippen LogP contribution >= 0.6 is 0 Å². The maximum atomic E-state index is 12.0. The van der Waals surface area contributed by atoms with Gasteiger partial charge in [0.15, 0.2) is 0 Å². The molecule has 0 atom stereocenters. The Morgan fingerprint density at radius 3 is 2.29 bits per heavy atom. The van der Waals surface area contributed by atoms with E-state index in [4.69, 9.17) is 4.74 Å². The van der Waals surface area contributed by atoms with Crippen molar-refractivity contribution in [2.24, 2.45) is 0 Å². The van der Waals surface area contributed by atoms with Crippen LogP contribution in [-0.4, -0.2) is 21.6 Å². The van der Waals surface area contributed by atoms with Crippen molar-refractivity contribution < 1.29 is 13.2 Å². The Labute approximate surface area is 125 Å². The zero-order valence-corrected chi connectivity index (χ0v) is 12.8. The van der Waals surface area contributed by atoms with Gasteiger partial charge in [0.2, 0.25) is 10.0 Å². The Hall–Kier alpha value is -1.85. The second kappa shape index (κ2) is 7.24. The Balaban J connectivity index is 1.81. The van der Waals surface area contributed by atoms with E-state index in [9.17, 15) is 8.42 Å². The minimum Gasteiger partial charge on any atom is -0.492 e. The molecular formula is C16H19NO3S. The fraction of sp³-hybridized carbons (Fsp3) is 0.250. The summed E-state index contributed by atoms with van der Waals surface area (Å²) >= 11 is 0. The first-order chi connectivity index (χ1) is 10.1. The van der Waals surface area contributed by atoms with Crippen LogP contribution < -0.4 is 9.46 Å². The number of benzene rings is 2. The highest BCUT2D eigenvalue weighted by Crippen LogP contribution is 2.12. The summed E-state index contributed by atoms with van der Waals surface area (Å²) in [5, 5.41) is 0. The van der Waals surface area contributed by atoms with E-state index in [0.717, 1.165) is 12.2 Å². The second-order valence-corrected chi connectivity index (χ2v) is 6.32. The van der Waals surface area contributed by atoms with Gasteiger partial charge in [0.05, 0.1) is 4.90 Å². The van der Waals surface area contributed by atoms with Crippen molar-refractivity contribution in [1.29, 1.82) is 0 Å². The molecule has 0 saturated heterocycles. The standard InChI is InChI=1S/C16H19NO3S/c1-2-14-8-10-15(11-9-14)20-13-12-17-21(18,19)16-6-4-3-5-7-16/h3-11,17H,2,12-13H2,1H3. The molecule has 2 rings (SSSR count). The summed E-state index contributed by atoms with van der Waals surface area (Å²) in [6.07, 6.45) is 0.983. The van der Waals surface area contributed by atoms with E-state index in [1.54, 1.807) is 30.3 Å². The highest BCUT2D eigenvalue weighted by molar-refractivity contribution is 7.89. The molecule has 0 aromatic heterocycles. The van der Waals surface area contributed by atoms with E-state index in [0.29, 0.717) is 0 Å². The summed E-state index contributed by atoms with van der Waals surface area (Å²) in [6, 6.07) is 16.1. The Morgan fingerprint density at radius 2 is 1.67 bits per heavy atom. The van der Waals surface area contributed by atoms with Gasteiger partial charge >= 0.3 is 0 Å². The van der Waals surface area contributed by atoms with Crippen LogP contribution in [0.3, 0.4) is 0 Å². The van der Waals surface area contributed by atoms with E-state index in [1.165, 1.54) is 5.56 Å². The summed E-state index contributed by atoms with van der Waals surface area (Å²) in [5.74, 6) is 0.742. The highest BCUT2D eigenvalue weighted by atomic mass is 32.2. The van der Waals surface area contributed by atoms with Gasteiger partial charge in [-0.3, -0.25) is 0 Å². The van der Waals surface area contributed by atoms with Crippen molar-refractivity contribution in [3.63, 3.8) is 0 Å². The van der Waals surface area contributed by atoms with Crippen LogP contribution in [0.2, 0.25) is 0 Å². The minimum absolute atomic E-state index is 0.229. The lowest BCUT2D eigenvalue weighted by Crippen LogP contribution is -2.28. The molecule has 0 amide bonds. The molecule has 0 fully saturated rings. The third-order valence-corrected chi connectivity index (χ3v) is 4.52. The first-order valence-corrected chi connectivity index (χ1v) is 8.36. The highest BCUT2D eigenvalue weighted by Gasteiger charge is 2.11. The van der Waals surface area contributed by atoms with E-state index < -0.39 is 10.0 Å². The lowest BCUT2D eigenvalue weighted by atomic mass is 10.2. The monoisotopic (exact) mass is 305 g/mol. The zero-order chi connectivity index (χ0) is 15.1. The summed E-state index contributed by atoms with van der Waals surface area (Å²) < 4.78 is 31.9. The predicted octanol–water partition coefficient (Wildman–Crippen LogP) is 2.61. The van der Waals surface area contributed by atoms with Gasteiger partial charge < -0.3 is 4.74 Å². The largest absolute Gasteiger partial charge is 0.492 e. The number of aryl methyl sites for hydroxylation is 1. The summed E-state index contributed by atoms with van der Waals surface area (Å²) in [7, 11) is -3.46. The third kappa shape index (κ3) is 4.58. The van der Waals surface area contributed by atoms with Crippen molar-refractivity contribution in [2.75, 3.05) is 13.2 Å². The molecule has 0 saturated carbocycles. The smallest absolute Gasteiger partial charge is 0.240 e. The SMILES string of the molecule is CCc1ccc(OCCNS(=O)(=O)c2ccccc2)cc1. The molecular weight excluding hydrogens is 286 g/mol. The van der Waals surface area contributed by atoms with Gasteiger partial charge in [0.1, 0.15) is 12.4 Å². The van der Waals surface area contributed by atoms with Gasteiger partial charge in [-0.25, -0.2) is 13.1 Å². The molecule has 0 radical (unpaired) electrons. The normalized spacial score (nSPS) is 11.3. The number of hydrogen-bond donors (Lipinski definition) is 1. The first-order valence-electron chi connectivity index (χ1n) is 6.88. The molecule has 2 aromatic rings. The van der Waals surface area contributed by atoms with Crippen LogP contribution in [0.1, 0.15) is 12.5 Å². The molecule has 5 heteroatoms. The molecule has 0 aliphatic rings. The molecule has 4 nitrogen and oxygen atoms in total. The van der Waals surface area contributed by atoms with Gasteiger partial charge in [-0.2, -0.15) is 0 Å². The predicted molar refractivity (Wildman–Crippen MR) is 82.9 cm³/mol. The van der Waals surface area contributed by atoms with Gasteiger partial charge in [-0.05, 0) is 36.2 Å². The second-order valence-electron chi connectivity index (χ2n) is 4.56. The van der Waals surface area contributed by atoms with Gasteiger partial charge in [0, 0.05) is 6.54 Å². The van der Waals surface area contributed by atoms with Crippen LogP contribution in [0, 0.1) is 0 Å². The summed E-state index contributed by atoms with van der Waals surface area (Å²) in [6.45, 7) is 2.61. The van der Waals surface area contributed by atoms with Crippen LogP contribution in [0.4, 0.5) is 0 Å². The topological polar surface area (TPSA) is 55.4 Å². The number of hydrogen-bond acceptors (Lipinski definition) is 3. The van der Waals surface area contributed by atoms with Crippen LogP contribution in [0.15, 0.2) is 59.5 Å². The van der Waals surface area contributed by atoms with Crippen LogP contribution in [-0.2, 0) is 16.4 Å². The maximum absolute atomic E-state index is 12.0. The van der Waals surface area contributed by atoms with Crippen molar-refractivity contribution in [1.82, 2.24) is 4.72 Å². The van der Waals surface area contributed by atoms with Crippen LogP contribution in [0.5, 0.6) is 5.75 Å². The third-order valence-electron chi connectivity index (χ3n) is 3.05. The van der Waals surface area contributed by atoms with Crippen molar-refractivity contribution in [3.8, 4) is 5.75 Å². The molecule has 0 spiro atoms. The van der Waals surface area contributed by atoms with Crippen molar-refractivity contribution in [3.05, 3.63) is 60.2 Å². The molecule has 112 valence electrons. The summed E-state index contributed by atoms with van der Waals surface area (Å²) in [5.41, 5.74) is 1.24. The van der Waals surface area contributed by atoms with Gasteiger partial charge in [0.25, 0.3) is 0 Å². The fourth-order valence-electron chi connectivity index (χ4n) is 1.85. The molecule has 0 aliphatic heterocycles. The molecule has 0 aliphatic carbocycles. The van der Waals surface area contributed by atoms with Gasteiger partial charge in [-0.15, -0.1) is 0 Å². The molecule has 0 unspecified atom stereocenters. The first kappa shape index (κ1) is 15.5. The average molecular weight is 305 g/mol. The lowest BCUT2D eigenvalue weighted by molar-refractivity contribution is 0.323. The quantitative estimate of drug-likeness (QED) is 0.800. The van der Waals surface area contributed by atoms with E-state index in [-0.39, 0.29) is 18.0 Å². The lowest BCUT2D eigenvalue weighted by Gasteiger charge is -2.09. The maximum Gasteiger partial charge on any atom is 0.240 e. The number of sulfonamides is 1. The number of ether oxygens (including phenoxy) is 1. The number of rotatable bonds is 7. The molecule has 21 heavy (non-hydrogen) atoms. The Kier molecular flexibility index (Phi) is 5.36. The van der Waals surface area contributed by atoms with Crippen molar-refractivity contribution >= 4 is 10.0 Å². The van der Waals surface area contributed by atoms with E-state index in [2.05, 4.69) is 11.6 Å². The Bertz CT molecular complexity index is 652. The van der Waals surface area contributed by atoms with Gasteiger partial charge in [-0.1, -0.05) is 37.3 Å². The molecule has 0 heterocycles. The average Bonchev–Trinajstić information content (AvgIpc) is 2.53. The van der Waals surface area contributed by atoms with Crippen molar-refractivity contribution in [2.45, 2.75) is 18.2 Å². The van der Waals surface area contributed by atoms with E-state index >= 15 is 0 Å². The number of nitrogens with one attached hydrogen (secondary N) is 1. The minimum atomic E-state index is -3.46. The fourth-order valence-corrected chi connectivity index (χ4v) is 2.88. The zero-order valence-electron chi connectivity index (χ0n) is 12.0. The molecule has 2 aromatic carbocycles. The van der Waals surface area contributed by atoms with Crippen LogP contribution in [0.25, 0.3) is 0 Å². The van der Waals surface area contributed by atoms with E-state index in [1.807, 2.05) is 24.3 Å². The molecule has 0 bridgehead atoms. The summed E-state index contributed by atoms with van der Waals surface area (Å²) in [4.78, 5) is 0.261.